The molecule has 4 N–H and O–H groups in total. The molecule has 0 fully saturated rings. The molecule has 2 rings (SSSR count). The fourth-order valence-corrected chi connectivity index (χ4v) is 3.03. The lowest BCUT2D eigenvalue weighted by Crippen LogP contribution is -2.34. The fourth-order valence-electron chi connectivity index (χ4n) is 3.03. The Morgan fingerprint density at radius 3 is 1.38 bits per heavy atom. The lowest BCUT2D eigenvalue weighted by atomic mass is 10.00. The van der Waals surface area contributed by atoms with Crippen molar-refractivity contribution in [2.75, 3.05) is 36.9 Å². The summed E-state index contributed by atoms with van der Waals surface area (Å²) in [4.78, 5) is 46.7. The van der Waals surface area contributed by atoms with E-state index < -0.39 is 24.0 Å². The van der Waals surface area contributed by atoms with Crippen molar-refractivity contribution in [1.29, 1.82) is 0 Å². The fraction of sp³-hybridized carbons (Fsp3) is 0.333. The van der Waals surface area contributed by atoms with Gasteiger partial charge in [0, 0.05) is 11.4 Å². The Balaban J connectivity index is 1.99. The number of rotatable bonds is 9. The molecule has 0 unspecified atom stereocenters. The summed E-state index contributed by atoms with van der Waals surface area (Å²) < 4.78 is 9.55. The van der Waals surface area contributed by atoms with Crippen LogP contribution in [0.15, 0.2) is 36.4 Å². The number of carbonyl (C=O) groups is 4. The molecule has 34 heavy (non-hydrogen) atoms. The molecular formula is C24H30N4O6. The first-order chi connectivity index (χ1) is 16.2. The summed E-state index contributed by atoms with van der Waals surface area (Å²) >= 11 is 0. The highest BCUT2D eigenvalue weighted by molar-refractivity contribution is 5.93. The number of urea groups is 2. The zero-order valence-electron chi connectivity index (χ0n) is 19.7. The first-order valence-electron chi connectivity index (χ1n) is 10.9. The molecule has 0 saturated heterocycles. The predicted molar refractivity (Wildman–Crippen MR) is 129 cm³/mol. The largest absolute Gasteiger partial charge is 0.465 e. The van der Waals surface area contributed by atoms with Crippen molar-refractivity contribution in [3.63, 3.8) is 0 Å². The second kappa shape index (κ2) is 12.8. The van der Waals surface area contributed by atoms with Crippen LogP contribution in [0.1, 0.15) is 25.0 Å². The number of aryl methyl sites for hydroxylation is 2. The van der Waals surface area contributed by atoms with Gasteiger partial charge in [-0.3, -0.25) is 9.59 Å². The third-order valence-electron chi connectivity index (χ3n) is 4.68. The molecule has 0 heterocycles. The second-order valence-corrected chi connectivity index (χ2v) is 7.28. The maximum absolute atomic E-state index is 12.0. The quantitative estimate of drug-likeness (QED) is 0.415. The molecule has 10 heteroatoms. The Bertz CT molecular complexity index is 970. The number of anilines is 2. The van der Waals surface area contributed by atoms with Gasteiger partial charge in [0.25, 0.3) is 0 Å². The van der Waals surface area contributed by atoms with Gasteiger partial charge in [-0.15, -0.1) is 0 Å². The monoisotopic (exact) mass is 470 g/mol. The highest BCUT2D eigenvalue weighted by Crippen LogP contribution is 2.28. The number of ether oxygens (including phenoxy) is 2. The van der Waals surface area contributed by atoms with Gasteiger partial charge in [-0.25, -0.2) is 9.59 Å². The molecule has 0 aliphatic rings. The molecule has 2 aromatic rings. The average molecular weight is 471 g/mol. The van der Waals surface area contributed by atoms with Gasteiger partial charge >= 0.3 is 24.0 Å². The summed E-state index contributed by atoms with van der Waals surface area (Å²) in [6.45, 7) is 7.19. The van der Waals surface area contributed by atoms with E-state index in [9.17, 15) is 19.2 Å². The van der Waals surface area contributed by atoms with E-state index in [1.165, 1.54) is 0 Å². The Labute approximate surface area is 198 Å². The molecule has 0 aromatic heterocycles. The number of amides is 4. The first kappa shape index (κ1) is 26.2. The lowest BCUT2D eigenvalue weighted by molar-refractivity contribution is -0.142. The minimum atomic E-state index is -0.505. The van der Waals surface area contributed by atoms with Crippen LogP contribution in [0.3, 0.4) is 0 Å². The van der Waals surface area contributed by atoms with Gasteiger partial charge < -0.3 is 30.7 Å². The van der Waals surface area contributed by atoms with Gasteiger partial charge in [-0.05, 0) is 74.2 Å². The van der Waals surface area contributed by atoms with Crippen molar-refractivity contribution in [1.82, 2.24) is 10.6 Å². The molecule has 0 atom stereocenters. The summed E-state index contributed by atoms with van der Waals surface area (Å²) in [5.41, 5.74) is 4.74. The van der Waals surface area contributed by atoms with E-state index in [1.807, 2.05) is 38.1 Å². The van der Waals surface area contributed by atoms with Crippen LogP contribution in [0.4, 0.5) is 21.0 Å². The van der Waals surface area contributed by atoms with E-state index in [2.05, 4.69) is 21.3 Å². The molecule has 0 aliphatic heterocycles. The predicted octanol–water partition coefficient (Wildman–Crippen LogP) is 3.34. The van der Waals surface area contributed by atoms with E-state index in [4.69, 9.17) is 9.47 Å². The summed E-state index contributed by atoms with van der Waals surface area (Å²) in [5.74, 6) is -1.01. The minimum absolute atomic E-state index is 0.211. The molecule has 2 aromatic carbocycles. The molecule has 10 nitrogen and oxygen atoms in total. The van der Waals surface area contributed by atoms with Gasteiger partial charge in [-0.2, -0.15) is 0 Å². The highest BCUT2D eigenvalue weighted by atomic mass is 16.5. The molecule has 0 aliphatic carbocycles. The maximum Gasteiger partial charge on any atom is 0.325 e. The Morgan fingerprint density at radius 1 is 0.676 bits per heavy atom. The van der Waals surface area contributed by atoms with E-state index in [1.54, 1.807) is 26.0 Å². The number of carbonyl (C=O) groups excluding carboxylic acids is 4. The van der Waals surface area contributed by atoms with Gasteiger partial charge in [0.15, 0.2) is 0 Å². The van der Waals surface area contributed by atoms with Gasteiger partial charge in [-0.1, -0.05) is 12.1 Å². The van der Waals surface area contributed by atoms with Gasteiger partial charge in [0.05, 0.1) is 13.2 Å². The van der Waals surface area contributed by atoms with Crippen LogP contribution in [0.5, 0.6) is 0 Å². The SMILES string of the molecule is CCOC(=O)CNC(=O)Nc1ccc(-c2ccc(NC(=O)NCC(=O)OCC)c(C)c2)cc1C. The molecule has 182 valence electrons. The van der Waals surface area contributed by atoms with Crippen LogP contribution in [-0.2, 0) is 19.1 Å². The number of hydrogen-bond donors (Lipinski definition) is 4. The first-order valence-corrected chi connectivity index (χ1v) is 10.9. The van der Waals surface area contributed by atoms with Gasteiger partial charge in [0.2, 0.25) is 0 Å². The minimum Gasteiger partial charge on any atom is -0.465 e. The van der Waals surface area contributed by atoms with E-state index in [0.717, 1.165) is 22.3 Å². The maximum atomic E-state index is 12.0. The third-order valence-corrected chi connectivity index (χ3v) is 4.68. The van der Waals surface area contributed by atoms with Crippen LogP contribution >= 0.6 is 0 Å². The normalized spacial score (nSPS) is 10.1. The van der Waals surface area contributed by atoms with E-state index in [-0.39, 0.29) is 26.3 Å². The molecule has 0 saturated carbocycles. The molecule has 0 bridgehead atoms. The lowest BCUT2D eigenvalue weighted by Gasteiger charge is -2.13. The zero-order valence-corrected chi connectivity index (χ0v) is 19.7. The standard InChI is InChI=1S/C24H30N4O6/c1-5-33-21(29)13-25-23(31)27-19-9-7-17(11-15(19)3)18-8-10-20(16(4)12-18)28-24(32)26-14-22(30)34-6-2/h7-12H,5-6,13-14H2,1-4H3,(H2,25,27,31)(H2,26,28,32). The highest BCUT2D eigenvalue weighted by Gasteiger charge is 2.11. The zero-order chi connectivity index (χ0) is 25.1. The number of benzene rings is 2. The molecule has 0 spiro atoms. The van der Waals surface area contributed by atoms with Crippen LogP contribution in [0.25, 0.3) is 11.1 Å². The second-order valence-electron chi connectivity index (χ2n) is 7.28. The van der Waals surface area contributed by atoms with Crippen LogP contribution in [0.2, 0.25) is 0 Å². The van der Waals surface area contributed by atoms with Gasteiger partial charge in [0.1, 0.15) is 13.1 Å². The van der Waals surface area contributed by atoms with Crippen molar-refractivity contribution in [3.05, 3.63) is 47.5 Å². The summed E-state index contributed by atoms with van der Waals surface area (Å²) in [6, 6.07) is 10.1. The number of hydrogen-bond acceptors (Lipinski definition) is 6. The van der Waals surface area contributed by atoms with Crippen molar-refractivity contribution in [3.8, 4) is 11.1 Å². The van der Waals surface area contributed by atoms with Crippen LogP contribution in [0, 0.1) is 13.8 Å². The van der Waals surface area contributed by atoms with E-state index in [0.29, 0.717) is 11.4 Å². The van der Waals surface area contributed by atoms with E-state index >= 15 is 0 Å². The van der Waals surface area contributed by atoms with Crippen molar-refractivity contribution in [2.24, 2.45) is 0 Å². The summed E-state index contributed by atoms with van der Waals surface area (Å²) in [5, 5.41) is 10.3. The average Bonchev–Trinajstić information content (AvgIpc) is 2.79. The number of nitrogens with one attached hydrogen (secondary N) is 4. The van der Waals surface area contributed by atoms with Crippen molar-refractivity contribution >= 4 is 35.4 Å². The van der Waals surface area contributed by atoms with Crippen molar-refractivity contribution < 1.29 is 28.7 Å². The third kappa shape index (κ3) is 8.12. The molecule has 0 radical (unpaired) electrons. The van der Waals surface area contributed by atoms with Crippen LogP contribution < -0.4 is 21.3 Å². The Kier molecular flexibility index (Phi) is 9.88. The molecular weight excluding hydrogens is 440 g/mol. The van der Waals surface area contributed by atoms with Crippen molar-refractivity contribution in [2.45, 2.75) is 27.7 Å². The smallest absolute Gasteiger partial charge is 0.325 e. The summed E-state index contributed by atoms with van der Waals surface area (Å²) in [7, 11) is 0. The summed E-state index contributed by atoms with van der Waals surface area (Å²) in [6.07, 6.45) is 0. The number of esters is 2. The Morgan fingerprint density at radius 2 is 1.06 bits per heavy atom. The van der Waals surface area contributed by atoms with Crippen LogP contribution in [-0.4, -0.2) is 50.3 Å². The Hall–Kier alpha value is -4.08. The molecule has 4 amide bonds. The topological polar surface area (TPSA) is 135 Å².